The fourth-order valence-corrected chi connectivity index (χ4v) is 5.36. The molecule has 1 aliphatic rings. The molecule has 0 radical (unpaired) electrons. The highest BCUT2D eigenvalue weighted by Gasteiger charge is 2.35. The first-order valence-corrected chi connectivity index (χ1v) is 13.3. The molecular weight excluding hydrogens is 446 g/mol. The molecule has 2 amide bonds. The first-order chi connectivity index (χ1) is 16.2. The maximum atomic E-state index is 12.0. The molecule has 0 aromatic heterocycles. The Bertz CT molecular complexity index is 1030. The second-order valence-corrected chi connectivity index (χ2v) is 10.5. The number of rotatable bonds is 10. The SMILES string of the molecule is CCCc1c(C)c(C)c2c(c1C)CCC(C)(COc1ccc(CC(SC)C(=O)NC=O)cc1)O2. The summed E-state index contributed by atoms with van der Waals surface area (Å²) in [6.45, 7) is 11.5. The Morgan fingerprint density at radius 1 is 1.21 bits per heavy atom. The van der Waals surface area contributed by atoms with Crippen molar-refractivity contribution in [2.24, 2.45) is 0 Å². The summed E-state index contributed by atoms with van der Waals surface area (Å²) in [5, 5.41) is 1.93. The van der Waals surface area contributed by atoms with Gasteiger partial charge in [0.05, 0.1) is 5.25 Å². The molecule has 0 aliphatic carbocycles. The van der Waals surface area contributed by atoms with Crippen LogP contribution in [-0.2, 0) is 28.9 Å². The minimum atomic E-state index is -0.390. The first kappa shape index (κ1) is 26.1. The van der Waals surface area contributed by atoms with Crippen molar-refractivity contribution >= 4 is 24.1 Å². The molecule has 2 atom stereocenters. The smallest absolute Gasteiger partial charge is 0.239 e. The molecule has 1 heterocycles. The number of imide groups is 1. The van der Waals surface area contributed by atoms with Gasteiger partial charge < -0.3 is 9.47 Å². The van der Waals surface area contributed by atoms with Crippen LogP contribution in [0.15, 0.2) is 24.3 Å². The standard InChI is InChI=1S/C28H37NO4S/c1-7-8-23-18(2)19(3)26-24(20(23)4)13-14-28(5,33-26)16-32-22-11-9-21(10-12-22)15-25(34-6)27(31)29-17-30/h9-12,17,25H,7-8,13-16H2,1-6H3,(H,29,30,31). The minimum Gasteiger partial charge on any atom is -0.489 e. The Morgan fingerprint density at radius 2 is 1.91 bits per heavy atom. The van der Waals surface area contributed by atoms with Crippen LogP contribution in [0.25, 0.3) is 0 Å². The zero-order chi connectivity index (χ0) is 24.9. The molecular formula is C28H37NO4S. The number of hydrogen-bond donors (Lipinski definition) is 1. The van der Waals surface area contributed by atoms with Crippen LogP contribution in [0.2, 0.25) is 0 Å². The summed E-state index contributed by atoms with van der Waals surface area (Å²) in [6.07, 6.45) is 7.02. The van der Waals surface area contributed by atoms with Crippen LogP contribution in [-0.4, -0.2) is 36.0 Å². The monoisotopic (exact) mass is 483 g/mol. The highest BCUT2D eigenvalue weighted by atomic mass is 32.2. The minimum absolute atomic E-state index is 0.270. The largest absolute Gasteiger partial charge is 0.489 e. The quantitative estimate of drug-likeness (QED) is 0.466. The predicted molar refractivity (Wildman–Crippen MR) is 139 cm³/mol. The molecule has 0 fully saturated rings. The average molecular weight is 484 g/mol. The van der Waals surface area contributed by atoms with E-state index in [0.29, 0.717) is 19.4 Å². The number of fused-ring (bicyclic) bond motifs is 1. The highest BCUT2D eigenvalue weighted by Crippen LogP contribution is 2.41. The van der Waals surface area contributed by atoms with Gasteiger partial charge in [0, 0.05) is 0 Å². The van der Waals surface area contributed by atoms with Crippen molar-refractivity contribution in [1.82, 2.24) is 5.32 Å². The van der Waals surface area contributed by atoms with Crippen molar-refractivity contribution in [1.29, 1.82) is 0 Å². The lowest BCUT2D eigenvalue weighted by atomic mass is 9.84. The third kappa shape index (κ3) is 5.77. The van der Waals surface area contributed by atoms with Gasteiger partial charge in [-0.2, -0.15) is 11.8 Å². The molecule has 0 saturated carbocycles. The first-order valence-electron chi connectivity index (χ1n) is 12.0. The van der Waals surface area contributed by atoms with E-state index in [1.54, 1.807) is 0 Å². The summed E-state index contributed by atoms with van der Waals surface area (Å²) in [6, 6.07) is 7.80. The van der Waals surface area contributed by atoms with Crippen LogP contribution >= 0.6 is 11.8 Å². The van der Waals surface area contributed by atoms with E-state index >= 15 is 0 Å². The van der Waals surface area contributed by atoms with Crippen molar-refractivity contribution in [3.63, 3.8) is 0 Å². The molecule has 0 saturated heterocycles. The number of hydrogen-bond acceptors (Lipinski definition) is 5. The normalized spacial score (nSPS) is 17.9. The molecule has 2 aromatic carbocycles. The lowest BCUT2D eigenvalue weighted by Gasteiger charge is -2.38. The summed E-state index contributed by atoms with van der Waals surface area (Å²) in [7, 11) is 0. The second kappa shape index (κ2) is 11.3. The van der Waals surface area contributed by atoms with Gasteiger partial charge in [-0.05, 0) is 105 Å². The highest BCUT2D eigenvalue weighted by molar-refractivity contribution is 7.99. The van der Waals surface area contributed by atoms with Gasteiger partial charge >= 0.3 is 0 Å². The summed E-state index contributed by atoms with van der Waals surface area (Å²) >= 11 is 1.43. The number of ether oxygens (including phenoxy) is 2. The molecule has 2 aromatic rings. The third-order valence-electron chi connectivity index (χ3n) is 6.95. The maximum Gasteiger partial charge on any atom is 0.239 e. The van der Waals surface area contributed by atoms with E-state index in [2.05, 4.69) is 39.9 Å². The van der Waals surface area contributed by atoms with Gasteiger partial charge in [0.2, 0.25) is 12.3 Å². The zero-order valence-corrected chi connectivity index (χ0v) is 22.1. The maximum absolute atomic E-state index is 12.0. The molecule has 2 unspecified atom stereocenters. The van der Waals surface area contributed by atoms with Gasteiger partial charge in [0.1, 0.15) is 23.7 Å². The number of amides is 2. The number of nitrogens with one attached hydrogen (secondary N) is 1. The van der Waals surface area contributed by atoms with Gasteiger partial charge in [0.25, 0.3) is 0 Å². The van der Waals surface area contributed by atoms with Crippen LogP contribution in [0, 0.1) is 20.8 Å². The van der Waals surface area contributed by atoms with Crippen molar-refractivity contribution in [3.8, 4) is 11.5 Å². The lowest BCUT2D eigenvalue weighted by Crippen LogP contribution is -2.42. The summed E-state index contributed by atoms with van der Waals surface area (Å²) in [5.74, 6) is 1.55. The summed E-state index contributed by atoms with van der Waals surface area (Å²) in [4.78, 5) is 22.5. The van der Waals surface area contributed by atoms with Crippen molar-refractivity contribution in [3.05, 3.63) is 57.6 Å². The van der Waals surface area contributed by atoms with Gasteiger partial charge in [0.15, 0.2) is 0 Å². The lowest BCUT2D eigenvalue weighted by molar-refractivity contribution is -0.124. The molecule has 34 heavy (non-hydrogen) atoms. The fourth-order valence-electron chi connectivity index (χ4n) is 4.72. The van der Waals surface area contributed by atoms with Crippen molar-refractivity contribution in [2.45, 2.75) is 77.6 Å². The third-order valence-corrected chi connectivity index (χ3v) is 7.90. The van der Waals surface area contributed by atoms with Crippen molar-refractivity contribution < 1.29 is 19.1 Å². The molecule has 1 N–H and O–H groups in total. The zero-order valence-electron chi connectivity index (χ0n) is 21.2. The molecule has 0 spiro atoms. The molecule has 5 nitrogen and oxygen atoms in total. The van der Waals surface area contributed by atoms with Crippen LogP contribution in [0.1, 0.15) is 60.1 Å². The van der Waals surface area contributed by atoms with Gasteiger partial charge in [-0.25, -0.2) is 0 Å². The summed E-state index contributed by atoms with van der Waals surface area (Å²) < 4.78 is 12.7. The van der Waals surface area contributed by atoms with Gasteiger partial charge in [-0.15, -0.1) is 0 Å². The van der Waals surface area contributed by atoms with Crippen LogP contribution in [0.3, 0.4) is 0 Å². The Morgan fingerprint density at radius 3 is 2.53 bits per heavy atom. The summed E-state index contributed by atoms with van der Waals surface area (Å²) in [5.41, 5.74) is 7.46. The molecule has 1 aliphatic heterocycles. The Balaban J connectivity index is 1.67. The van der Waals surface area contributed by atoms with Crippen LogP contribution < -0.4 is 14.8 Å². The predicted octanol–water partition coefficient (Wildman–Crippen LogP) is 5.27. The number of carbonyl (C=O) groups excluding carboxylic acids is 2. The van der Waals surface area contributed by atoms with E-state index in [9.17, 15) is 9.59 Å². The van der Waals surface area contributed by atoms with E-state index in [1.165, 1.54) is 39.6 Å². The molecule has 3 rings (SSSR count). The van der Waals surface area contributed by atoms with E-state index in [1.807, 2.05) is 30.5 Å². The van der Waals surface area contributed by atoms with Crippen LogP contribution in [0.4, 0.5) is 0 Å². The van der Waals surface area contributed by atoms with Crippen molar-refractivity contribution in [2.75, 3.05) is 12.9 Å². The second-order valence-electron chi connectivity index (χ2n) is 9.45. The number of thioether (sulfide) groups is 1. The topological polar surface area (TPSA) is 64.6 Å². The molecule has 0 bridgehead atoms. The number of benzene rings is 2. The van der Waals surface area contributed by atoms with E-state index in [4.69, 9.17) is 9.47 Å². The average Bonchev–Trinajstić information content (AvgIpc) is 2.83. The van der Waals surface area contributed by atoms with Crippen LogP contribution in [0.5, 0.6) is 11.5 Å². The Hall–Kier alpha value is -2.47. The molecule has 184 valence electrons. The van der Waals surface area contributed by atoms with E-state index in [0.717, 1.165) is 42.7 Å². The Labute approximate surface area is 208 Å². The van der Waals surface area contributed by atoms with E-state index in [-0.39, 0.29) is 11.2 Å². The number of carbonyl (C=O) groups is 2. The van der Waals surface area contributed by atoms with Gasteiger partial charge in [-0.3, -0.25) is 14.9 Å². The van der Waals surface area contributed by atoms with Gasteiger partial charge in [-0.1, -0.05) is 25.5 Å². The van der Waals surface area contributed by atoms with E-state index < -0.39 is 5.60 Å². The molecule has 6 heteroatoms. The Kier molecular flexibility index (Phi) is 8.69. The fraction of sp³-hybridized carbons (Fsp3) is 0.500.